The lowest BCUT2D eigenvalue weighted by Crippen LogP contribution is -2.16. The lowest BCUT2D eigenvalue weighted by molar-refractivity contribution is 0.522. The molecule has 0 aliphatic heterocycles. The van der Waals surface area contributed by atoms with Crippen molar-refractivity contribution in [2.24, 2.45) is 0 Å². The maximum Gasteiger partial charge on any atom is 0.0325 e. The molecule has 0 bridgehead atoms. The van der Waals surface area contributed by atoms with Crippen LogP contribution in [-0.2, 0) is 17.8 Å². The highest BCUT2D eigenvalue weighted by Gasteiger charge is 1.97. The summed E-state index contributed by atoms with van der Waals surface area (Å²) in [6.45, 7) is 4.34. The third-order valence-corrected chi connectivity index (χ3v) is 2.26. The molecule has 0 aliphatic rings. The van der Waals surface area contributed by atoms with E-state index in [2.05, 4.69) is 4.72 Å². The van der Waals surface area contributed by atoms with Gasteiger partial charge >= 0.3 is 0 Å². The van der Waals surface area contributed by atoms with Gasteiger partial charge in [0.1, 0.15) is 0 Å². The summed E-state index contributed by atoms with van der Waals surface area (Å²) in [5, 5.41) is 0. The van der Waals surface area contributed by atoms with Gasteiger partial charge in [-0.1, -0.05) is 23.8 Å². The van der Waals surface area contributed by atoms with Crippen molar-refractivity contribution < 1.29 is 8.76 Å². The second-order valence-corrected chi connectivity index (χ2v) is 3.74. The molecule has 4 heteroatoms. The van der Waals surface area contributed by atoms with Crippen LogP contribution in [-0.4, -0.2) is 8.76 Å². The van der Waals surface area contributed by atoms with Gasteiger partial charge in [-0.25, -0.2) is 4.72 Å². The SMILES string of the molecule is Cc1ccc(CNS(=O)[O-])c(C)c1. The third-order valence-electron chi connectivity index (χ3n) is 1.88. The van der Waals surface area contributed by atoms with Crippen molar-refractivity contribution in [2.75, 3.05) is 0 Å². The Morgan fingerprint density at radius 2 is 2.15 bits per heavy atom. The first kappa shape index (κ1) is 10.4. The zero-order valence-corrected chi connectivity index (χ0v) is 8.48. The summed E-state index contributed by atoms with van der Waals surface area (Å²) in [5.74, 6) is 0. The van der Waals surface area contributed by atoms with Crippen molar-refractivity contribution in [2.45, 2.75) is 20.4 Å². The number of rotatable bonds is 3. The van der Waals surface area contributed by atoms with Crippen molar-refractivity contribution in [1.29, 1.82) is 0 Å². The van der Waals surface area contributed by atoms with Crippen molar-refractivity contribution in [3.8, 4) is 0 Å². The van der Waals surface area contributed by atoms with Gasteiger partial charge in [0.05, 0.1) is 0 Å². The molecule has 1 aromatic rings. The number of aryl methyl sites for hydroxylation is 2. The molecule has 1 atom stereocenters. The molecule has 72 valence electrons. The summed E-state index contributed by atoms with van der Waals surface area (Å²) in [7, 11) is 0. The van der Waals surface area contributed by atoms with Crippen LogP contribution in [0, 0.1) is 13.8 Å². The molecule has 3 nitrogen and oxygen atoms in total. The summed E-state index contributed by atoms with van der Waals surface area (Å²) < 4.78 is 22.8. The van der Waals surface area contributed by atoms with Crippen LogP contribution in [0.5, 0.6) is 0 Å². The fraction of sp³-hybridized carbons (Fsp3) is 0.333. The second-order valence-electron chi connectivity index (χ2n) is 2.99. The molecule has 1 unspecified atom stereocenters. The molecule has 0 fully saturated rings. The van der Waals surface area contributed by atoms with Gasteiger partial charge in [-0.15, -0.1) is 0 Å². The highest BCUT2D eigenvalue weighted by atomic mass is 32.2. The number of nitrogens with one attached hydrogen (secondary N) is 1. The van der Waals surface area contributed by atoms with Crippen LogP contribution in [0.15, 0.2) is 18.2 Å². The summed E-state index contributed by atoms with van der Waals surface area (Å²) >= 11 is -2.18. The maximum absolute atomic E-state index is 10.2. The molecule has 1 aromatic carbocycles. The number of hydrogen-bond donors (Lipinski definition) is 1. The molecule has 0 radical (unpaired) electrons. The van der Waals surface area contributed by atoms with E-state index in [1.807, 2.05) is 32.0 Å². The lowest BCUT2D eigenvalue weighted by Gasteiger charge is -2.09. The quantitative estimate of drug-likeness (QED) is 0.742. The highest BCUT2D eigenvalue weighted by Crippen LogP contribution is 2.09. The first-order chi connectivity index (χ1) is 6.09. The van der Waals surface area contributed by atoms with Gasteiger partial charge in [0.15, 0.2) is 0 Å². The first-order valence-electron chi connectivity index (χ1n) is 3.98. The standard InChI is InChI=1S/C9H13NO2S/c1-7-3-4-9(8(2)5-7)6-10-13(11)12/h3-5,10H,6H2,1-2H3,(H,11,12)/p-1. The fourth-order valence-corrected chi connectivity index (χ4v) is 1.45. The Morgan fingerprint density at radius 3 is 2.69 bits per heavy atom. The molecule has 13 heavy (non-hydrogen) atoms. The van der Waals surface area contributed by atoms with E-state index in [4.69, 9.17) is 0 Å². The van der Waals surface area contributed by atoms with Crippen molar-refractivity contribution in [3.63, 3.8) is 0 Å². The molecular weight excluding hydrogens is 186 g/mol. The van der Waals surface area contributed by atoms with Crippen molar-refractivity contribution in [1.82, 2.24) is 4.72 Å². The van der Waals surface area contributed by atoms with Crippen LogP contribution >= 0.6 is 0 Å². The first-order valence-corrected chi connectivity index (χ1v) is 5.06. The third kappa shape index (κ3) is 3.26. The van der Waals surface area contributed by atoms with Crippen LogP contribution in [0.1, 0.15) is 16.7 Å². The molecule has 1 rings (SSSR count). The van der Waals surface area contributed by atoms with Gasteiger partial charge in [-0.3, -0.25) is 4.21 Å². The topological polar surface area (TPSA) is 52.2 Å². The van der Waals surface area contributed by atoms with E-state index < -0.39 is 11.3 Å². The van der Waals surface area contributed by atoms with E-state index in [1.165, 1.54) is 5.56 Å². The van der Waals surface area contributed by atoms with Gasteiger partial charge in [-0.2, -0.15) is 0 Å². The zero-order chi connectivity index (χ0) is 9.84. The van der Waals surface area contributed by atoms with Crippen molar-refractivity contribution in [3.05, 3.63) is 34.9 Å². The Labute approximate surface area is 80.6 Å². The Balaban J connectivity index is 2.72. The van der Waals surface area contributed by atoms with Crippen LogP contribution in [0.2, 0.25) is 0 Å². The van der Waals surface area contributed by atoms with Crippen molar-refractivity contribution >= 4 is 11.3 Å². The Bertz CT molecular complexity index is 325. The van der Waals surface area contributed by atoms with Gasteiger partial charge in [0.2, 0.25) is 0 Å². The molecule has 1 N–H and O–H groups in total. The molecule has 0 spiro atoms. The van der Waals surface area contributed by atoms with E-state index in [1.54, 1.807) is 0 Å². The van der Waals surface area contributed by atoms with Gasteiger partial charge in [0.25, 0.3) is 0 Å². The lowest BCUT2D eigenvalue weighted by atomic mass is 10.1. The van der Waals surface area contributed by atoms with Crippen LogP contribution in [0.4, 0.5) is 0 Å². The molecule has 0 saturated carbocycles. The molecule has 0 aliphatic carbocycles. The van der Waals surface area contributed by atoms with E-state index in [9.17, 15) is 8.76 Å². The molecule has 0 heterocycles. The minimum Gasteiger partial charge on any atom is -0.760 e. The Kier molecular flexibility index (Phi) is 3.59. The fourth-order valence-electron chi connectivity index (χ4n) is 1.18. The van der Waals surface area contributed by atoms with Crippen LogP contribution < -0.4 is 4.72 Å². The number of benzene rings is 1. The van der Waals surface area contributed by atoms with Gasteiger partial charge in [0, 0.05) is 17.8 Å². The summed E-state index contributed by atoms with van der Waals surface area (Å²) in [4.78, 5) is 0. The maximum atomic E-state index is 10.2. The van der Waals surface area contributed by atoms with Gasteiger partial charge in [-0.05, 0) is 25.0 Å². The smallest absolute Gasteiger partial charge is 0.0325 e. The van der Waals surface area contributed by atoms with E-state index in [0.717, 1.165) is 11.1 Å². The normalized spacial score (nSPS) is 12.8. The Hall–Kier alpha value is -0.710. The number of hydrogen-bond acceptors (Lipinski definition) is 2. The van der Waals surface area contributed by atoms with E-state index in [-0.39, 0.29) is 0 Å². The zero-order valence-electron chi connectivity index (χ0n) is 7.66. The van der Waals surface area contributed by atoms with Gasteiger partial charge < -0.3 is 4.55 Å². The van der Waals surface area contributed by atoms with Crippen LogP contribution in [0.25, 0.3) is 0 Å². The minimum atomic E-state index is -2.18. The van der Waals surface area contributed by atoms with Crippen LogP contribution in [0.3, 0.4) is 0 Å². The summed E-state index contributed by atoms with van der Waals surface area (Å²) in [6.07, 6.45) is 0. The molecular formula is C9H12NO2S-. The average Bonchev–Trinajstić information content (AvgIpc) is 2.02. The predicted octanol–water partition coefficient (Wildman–Crippen LogP) is 1.19. The Morgan fingerprint density at radius 1 is 1.46 bits per heavy atom. The molecule has 0 saturated heterocycles. The largest absolute Gasteiger partial charge is 0.760 e. The average molecular weight is 198 g/mol. The highest BCUT2D eigenvalue weighted by molar-refractivity contribution is 7.77. The predicted molar refractivity (Wildman–Crippen MR) is 51.7 cm³/mol. The monoisotopic (exact) mass is 198 g/mol. The second kappa shape index (κ2) is 4.50. The van der Waals surface area contributed by atoms with E-state index in [0.29, 0.717) is 6.54 Å². The minimum absolute atomic E-state index is 0.363. The van der Waals surface area contributed by atoms with E-state index >= 15 is 0 Å². The molecule has 0 aromatic heterocycles. The summed E-state index contributed by atoms with van der Waals surface area (Å²) in [5.41, 5.74) is 3.30. The molecule has 0 amide bonds. The summed E-state index contributed by atoms with van der Waals surface area (Å²) in [6, 6.07) is 5.94.